The highest BCUT2D eigenvalue weighted by molar-refractivity contribution is 7.99. The molecular formula is C25H29ClN4O2S. The van der Waals surface area contributed by atoms with E-state index in [0.29, 0.717) is 21.3 Å². The van der Waals surface area contributed by atoms with Crippen LogP contribution >= 0.6 is 23.4 Å². The van der Waals surface area contributed by atoms with E-state index in [4.69, 9.17) is 16.0 Å². The van der Waals surface area contributed by atoms with E-state index in [1.807, 2.05) is 18.2 Å². The molecular weight excluding hydrogens is 456 g/mol. The summed E-state index contributed by atoms with van der Waals surface area (Å²) in [5.41, 5.74) is 3.32. The fourth-order valence-electron chi connectivity index (χ4n) is 4.88. The molecule has 1 aliphatic carbocycles. The second-order valence-corrected chi connectivity index (χ2v) is 10.1. The van der Waals surface area contributed by atoms with E-state index < -0.39 is 0 Å². The van der Waals surface area contributed by atoms with Gasteiger partial charge >= 0.3 is 0 Å². The molecule has 3 aromatic rings. The number of anilines is 2. The highest BCUT2D eigenvalue weighted by Gasteiger charge is 2.26. The lowest BCUT2D eigenvalue weighted by Crippen LogP contribution is -2.51. The summed E-state index contributed by atoms with van der Waals surface area (Å²) in [5.74, 6) is 0.151. The van der Waals surface area contributed by atoms with Crippen molar-refractivity contribution in [2.24, 2.45) is 0 Å². The number of nitrogens with one attached hydrogen (secondary N) is 1. The van der Waals surface area contributed by atoms with Crippen molar-refractivity contribution in [3.63, 3.8) is 0 Å². The molecule has 8 heteroatoms. The van der Waals surface area contributed by atoms with Crippen molar-refractivity contribution in [2.75, 3.05) is 42.1 Å². The van der Waals surface area contributed by atoms with Gasteiger partial charge in [-0.3, -0.25) is 9.69 Å². The van der Waals surface area contributed by atoms with Crippen LogP contribution < -0.4 is 10.2 Å². The zero-order valence-corrected chi connectivity index (χ0v) is 20.2. The Balaban J connectivity index is 1.17. The fraction of sp³-hybridized carbons (Fsp3) is 0.440. The zero-order chi connectivity index (χ0) is 22.6. The van der Waals surface area contributed by atoms with Crippen LogP contribution in [0.25, 0.3) is 11.1 Å². The molecule has 2 aliphatic rings. The van der Waals surface area contributed by atoms with Gasteiger partial charge in [-0.05, 0) is 43.2 Å². The third kappa shape index (κ3) is 5.48. The Labute approximate surface area is 203 Å². The molecule has 2 aromatic carbocycles. The Kier molecular flexibility index (Phi) is 7.09. The number of fused-ring (bicyclic) bond motifs is 1. The van der Waals surface area contributed by atoms with E-state index >= 15 is 0 Å². The van der Waals surface area contributed by atoms with Crippen LogP contribution in [0.4, 0.5) is 11.4 Å². The largest absolute Gasteiger partial charge is 0.431 e. The van der Waals surface area contributed by atoms with Crippen molar-refractivity contribution < 1.29 is 9.21 Å². The summed E-state index contributed by atoms with van der Waals surface area (Å²) in [7, 11) is 0. The van der Waals surface area contributed by atoms with Crippen molar-refractivity contribution >= 4 is 51.7 Å². The Morgan fingerprint density at radius 1 is 1.09 bits per heavy atom. The second kappa shape index (κ2) is 10.4. The number of para-hydroxylation sites is 2. The molecule has 2 heterocycles. The summed E-state index contributed by atoms with van der Waals surface area (Å²) >= 11 is 7.30. The minimum atomic E-state index is -0.0754. The number of hydrogen-bond acceptors (Lipinski definition) is 6. The topological polar surface area (TPSA) is 61.6 Å². The standard InChI is InChI=1S/C25H29ClN4O2S/c26-18-10-11-23-21(16-18)28-25(32-23)33-17-24(31)27-20-8-4-5-9-22(20)30-14-12-29(13-15-30)19-6-2-1-3-7-19/h4-5,8-11,16,19H,1-3,6-7,12-15,17H2,(H,27,31). The number of amides is 1. The number of benzene rings is 2. The van der Waals surface area contributed by atoms with Crippen LogP contribution in [-0.2, 0) is 4.79 Å². The quantitative estimate of drug-likeness (QED) is 0.455. The highest BCUT2D eigenvalue weighted by Crippen LogP contribution is 2.30. The molecule has 1 saturated carbocycles. The molecule has 33 heavy (non-hydrogen) atoms. The van der Waals surface area contributed by atoms with Gasteiger partial charge in [0.05, 0.1) is 17.1 Å². The first-order valence-corrected chi connectivity index (χ1v) is 13.1. The molecule has 1 aromatic heterocycles. The number of piperazine rings is 1. The van der Waals surface area contributed by atoms with Crippen molar-refractivity contribution in [2.45, 2.75) is 43.4 Å². The van der Waals surface area contributed by atoms with Crippen LogP contribution in [0.1, 0.15) is 32.1 Å². The summed E-state index contributed by atoms with van der Waals surface area (Å²) in [6.07, 6.45) is 6.82. The molecule has 1 aliphatic heterocycles. The number of nitrogens with zero attached hydrogens (tertiary/aromatic N) is 3. The Bertz CT molecular complexity index is 1110. The van der Waals surface area contributed by atoms with Crippen molar-refractivity contribution in [1.29, 1.82) is 0 Å². The lowest BCUT2D eigenvalue weighted by Gasteiger charge is -2.42. The molecule has 0 radical (unpaired) electrons. The monoisotopic (exact) mass is 484 g/mol. The number of thioether (sulfide) groups is 1. The molecule has 0 bridgehead atoms. The summed E-state index contributed by atoms with van der Waals surface area (Å²) < 4.78 is 5.70. The number of oxazole rings is 1. The first kappa shape index (κ1) is 22.6. The molecule has 5 rings (SSSR count). The maximum Gasteiger partial charge on any atom is 0.257 e. The SMILES string of the molecule is O=C(CSc1nc2cc(Cl)ccc2o1)Nc1ccccc1N1CCN(C2CCCCC2)CC1. The summed E-state index contributed by atoms with van der Waals surface area (Å²) in [4.78, 5) is 22.2. The predicted octanol–water partition coefficient (Wildman–Crippen LogP) is 5.67. The number of rotatable bonds is 6. The van der Waals surface area contributed by atoms with Gasteiger partial charge in [-0.2, -0.15) is 0 Å². The predicted molar refractivity (Wildman–Crippen MR) is 135 cm³/mol. The van der Waals surface area contributed by atoms with Crippen LogP contribution in [0.2, 0.25) is 5.02 Å². The minimum Gasteiger partial charge on any atom is -0.431 e. The van der Waals surface area contributed by atoms with Gasteiger partial charge < -0.3 is 14.6 Å². The van der Waals surface area contributed by atoms with E-state index in [9.17, 15) is 4.79 Å². The van der Waals surface area contributed by atoms with Crippen LogP contribution in [-0.4, -0.2) is 53.8 Å². The molecule has 0 spiro atoms. The molecule has 174 valence electrons. The third-order valence-corrected chi connectivity index (χ3v) is 7.64. The van der Waals surface area contributed by atoms with Gasteiger partial charge in [0.1, 0.15) is 5.52 Å². The molecule has 2 fully saturated rings. The van der Waals surface area contributed by atoms with Gasteiger partial charge in [-0.25, -0.2) is 4.98 Å². The van der Waals surface area contributed by atoms with Crippen LogP contribution in [0.15, 0.2) is 52.1 Å². The van der Waals surface area contributed by atoms with Crippen molar-refractivity contribution in [1.82, 2.24) is 9.88 Å². The average molecular weight is 485 g/mol. The maximum absolute atomic E-state index is 12.7. The molecule has 1 saturated heterocycles. The number of carbonyl (C=O) groups is 1. The van der Waals surface area contributed by atoms with Gasteiger partial charge in [0.15, 0.2) is 5.58 Å². The molecule has 6 nitrogen and oxygen atoms in total. The lowest BCUT2D eigenvalue weighted by molar-refractivity contribution is -0.113. The Morgan fingerprint density at radius 2 is 1.88 bits per heavy atom. The van der Waals surface area contributed by atoms with Crippen molar-refractivity contribution in [3.05, 3.63) is 47.5 Å². The summed E-state index contributed by atoms with van der Waals surface area (Å²) in [6, 6.07) is 14.2. The van der Waals surface area contributed by atoms with E-state index in [1.165, 1.54) is 43.9 Å². The first-order chi connectivity index (χ1) is 16.2. The Hall–Kier alpha value is -2.22. The van der Waals surface area contributed by atoms with Gasteiger partial charge in [-0.15, -0.1) is 0 Å². The fourth-order valence-corrected chi connectivity index (χ4v) is 5.69. The lowest BCUT2D eigenvalue weighted by atomic mass is 9.94. The number of hydrogen-bond donors (Lipinski definition) is 1. The van der Waals surface area contributed by atoms with Crippen LogP contribution in [0.5, 0.6) is 0 Å². The number of halogens is 1. The number of carbonyl (C=O) groups excluding carboxylic acids is 1. The average Bonchev–Trinajstić information content (AvgIpc) is 3.26. The van der Waals surface area contributed by atoms with Gasteiger partial charge in [0, 0.05) is 37.2 Å². The van der Waals surface area contributed by atoms with Gasteiger partial charge in [-0.1, -0.05) is 54.8 Å². The third-order valence-electron chi connectivity index (χ3n) is 6.58. The highest BCUT2D eigenvalue weighted by atomic mass is 35.5. The van der Waals surface area contributed by atoms with E-state index in [0.717, 1.165) is 43.6 Å². The minimum absolute atomic E-state index is 0.0754. The van der Waals surface area contributed by atoms with Crippen molar-refractivity contribution in [3.8, 4) is 0 Å². The molecule has 1 N–H and O–H groups in total. The van der Waals surface area contributed by atoms with E-state index in [2.05, 4.69) is 26.2 Å². The van der Waals surface area contributed by atoms with E-state index in [1.54, 1.807) is 18.2 Å². The first-order valence-electron chi connectivity index (χ1n) is 11.7. The van der Waals surface area contributed by atoms with Gasteiger partial charge in [0.25, 0.3) is 5.22 Å². The Morgan fingerprint density at radius 3 is 2.70 bits per heavy atom. The van der Waals surface area contributed by atoms with Crippen LogP contribution in [0, 0.1) is 0 Å². The normalized spacial score (nSPS) is 18.0. The van der Waals surface area contributed by atoms with E-state index in [-0.39, 0.29) is 11.7 Å². The zero-order valence-electron chi connectivity index (χ0n) is 18.6. The molecule has 1 amide bonds. The smallest absolute Gasteiger partial charge is 0.257 e. The van der Waals surface area contributed by atoms with Crippen LogP contribution in [0.3, 0.4) is 0 Å². The molecule has 0 unspecified atom stereocenters. The second-order valence-electron chi connectivity index (χ2n) is 8.76. The summed E-state index contributed by atoms with van der Waals surface area (Å²) in [6.45, 7) is 4.16. The maximum atomic E-state index is 12.7. The summed E-state index contributed by atoms with van der Waals surface area (Å²) in [5, 5.41) is 4.17. The van der Waals surface area contributed by atoms with Gasteiger partial charge in [0.2, 0.25) is 5.91 Å². The molecule has 0 atom stereocenters. The number of aromatic nitrogens is 1.